The minimum atomic E-state index is 0.626. The van der Waals surface area contributed by atoms with E-state index in [9.17, 15) is 0 Å². The Balaban J connectivity index is 1.45. The van der Waals surface area contributed by atoms with E-state index in [0.29, 0.717) is 5.41 Å². The molecule has 1 N–H and O–H groups in total. The summed E-state index contributed by atoms with van der Waals surface area (Å²) in [5.41, 5.74) is 3.46. The van der Waals surface area contributed by atoms with Crippen molar-refractivity contribution in [3.05, 3.63) is 17.7 Å². The Labute approximate surface area is 121 Å². The number of nitrogens with zero attached hydrogens (tertiary/aromatic N) is 2. The second kappa shape index (κ2) is 4.09. The average Bonchev–Trinajstić information content (AvgIpc) is 2.80. The molecule has 0 unspecified atom stereocenters. The van der Waals surface area contributed by atoms with Crippen LogP contribution in [0.5, 0.6) is 0 Å². The van der Waals surface area contributed by atoms with E-state index in [-0.39, 0.29) is 0 Å². The molecule has 4 aliphatic carbocycles. The van der Waals surface area contributed by atoms with Crippen LogP contribution in [-0.2, 0) is 19.5 Å². The molecule has 1 aliphatic heterocycles. The van der Waals surface area contributed by atoms with Gasteiger partial charge in [0.05, 0.1) is 17.7 Å². The van der Waals surface area contributed by atoms with Gasteiger partial charge < -0.3 is 9.88 Å². The van der Waals surface area contributed by atoms with Gasteiger partial charge in [-0.05, 0) is 61.7 Å². The van der Waals surface area contributed by atoms with Crippen LogP contribution in [0.25, 0.3) is 0 Å². The number of aromatic nitrogens is 2. The third-order valence-corrected chi connectivity index (χ3v) is 6.53. The van der Waals surface area contributed by atoms with Gasteiger partial charge in [0.25, 0.3) is 0 Å². The zero-order valence-electron chi connectivity index (χ0n) is 12.3. The first-order valence-corrected chi connectivity index (χ1v) is 8.53. The van der Waals surface area contributed by atoms with Gasteiger partial charge in [0.15, 0.2) is 0 Å². The fraction of sp³-hybridized carbons (Fsp3) is 0.824. The second-order valence-corrected chi connectivity index (χ2v) is 8.11. The summed E-state index contributed by atoms with van der Waals surface area (Å²) in [6, 6.07) is 0. The van der Waals surface area contributed by atoms with Crippen LogP contribution in [0.2, 0.25) is 0 Å². The molecular weight excluding hydrogens is 246 g/mol. The highest BCUT2D eigenvalue weighted by atomic mass is 15.1. The molecule has 0 spiro atoms. The van der Waals surface area contributed by atoms with Crippen LogP contribution in [-0.4, -0.2) is 16.1 Å². The Hall–Kier alpha value is -0.830. The van der Waals surface area contributed by atoms with Crippen molar-refractivity contribution in [2.75, 3.05) is 6.54 Å². The Morgan fingerprint density at radius 3 is 2.55 bits per heavy atom. The molecule has 2 heterocycles. The first-order chi connectivity index (χ1) is 9.80. The van der Waals surface area contributed by atoms with Gasteiger partial charge in [-0.25, -0.2) is 4.98 Å². The van der Waals surface area contributed by atoms with E-state index >= 15 is 0 Å². The smallest absolute Gasteiger partial charge is 0.0952 e. The van der Waals surface area contributed by atoms with Crippen molar-refractivity contribution in [2.45, 2.75) is 58.0 Å². The molecule has 4 bridgehead atoms. The monoisotopic (exact) mass is 271 g/mol. The molecule has 4 fully saturated rings. The van der Waals surface area contributed by atoms with Crippen molar-refractivity contribution >= 4 is 0 Å². The van der Waals surface area contributed by atoms with Crippen LogP contribution < -0.4 is 5.32 Å². The van der Waals surface area contributed by atoms with Crippen LogP contribution in [0, 0.1) is 23.2 Å². The van der Waals surface area contributed by atoms with Gasteiger partial charge in [-0.15, -0.1) is 0 Å². The summed E-state index contributed by atoms with van der Waals surface area (Å²) in [7, 11) is 0. The van der Waals surface area contributed by atoms with E-state index in [0.717, 1.165) is 37.3 Å². The second-order valence-electron chi connectivity index (χ2n) is 8.11. The lowest BCUT2D eigenvalue weighted by molar-refractivity contribution is -0.0622. The van der Waals surface area contributed by atoms with E-state index in [1.807, 2.05) is 0 Å². The molecule has 3 nitrogen and oxygen atoms in total. The number of rotatable bonds is 2. The van der Waals surface area contributed by atoms with Crippen molar-refractivity contribution < 1.29 is 0 Å². The Morgan fingerprint density at radius 2 is 1.85 bits per heavy atom. The highest BCUT2D eigenvalue weighted by Crippen LogP contribution is 2.60. The summed E-state index contributed by atoms with van der Waals surface area (Å²) in [6.07, 6.45) is 12.4. The molecule has 0 atom stereocenters. The van der Waals surface area contributed by atoms with Crippen LogP contribution >= 0.6 is 0 Å². The van der Waals surface area contributed by atoms with Gasteiger partial charge in [0.2, 0.25) is 0 Å². The number of hydrogen-bond acceptors (Lipinski definition) is 2. The van der Waals surface area contributed by atoms with Crippen LogP contribution in [0.1, 0.15) is 49.9 Å². The molecule has 0 radical (unpaired) electrons. The van der Waals surface area contributed by atoms with E-state index in [1.165, 1.54) is 37.2 Å². The lowest BCUT2D eigenvalue weighted by atomic mass is 9.49. The predicted octanol–water partition coefficient (Wildman–Crippen LogP) is 2.75. The maximum atomic E-state index is 4.68. The van der Waals surface area contributed by atoms with Crippen LogP contribution in [0.4, 0.5) is 0 Å². The summed E-state index contributed by atoms with van der Waals surface area (Å²) >= 11 is 0. The fourth-order valence-electron chi connectivity index (χ4n) is 6.26. The van der Waals surface area contributed by atoms with E-state index in [1.54, 1.807) is 19.3 Å². The Kier molecular flexibility index (Phi) is 2.41. The summed E-state index contributed by atoms with van der Waals surface area (Å²) in [5, 5.41) is 3.51. The van der Waals surface area contributed by atoms with Crippen LogP contribution in [0.15, 0.2) is 6.33 Å². The molecule has 0 saturated heterocycles. The molecule has 20 heavy (non-hydrogen) atoms. The Morgan fingerprint density at radius 1 is 1.15 bits per heavy atom. The zero-order chi connectivity index (χ0) is 13.2. The van der Waals surface area contributed by atoms with E-state index < -0.39 is 0 Å². The van der Waals surface area contributed by atoms with Crippen LogP contribution in [0.3, 0.4) is 0 Å². The topological polar surface area (TPSA) is 29.9 Å². The van der Waals surface area contributed by atoms with Crippen molar-refractivity contribution in [2.24, 2.45) is 23.2 Å². The maximum absolute atomic E-state index is 4.68. The lowest BCUT2D eigenvalue weighted by Gasteiger charge is -2.57. The fourth-order valence-corrected chi connectivity index (χ4v) is 6.26. The average molecular weight is 271 g/mol. The molecule has 3 heteroatoms. The molecule has 5 aliphatic rings. The summed E-state index contributed by atoms with van der Waals surface area (Å²) in [4.78, 5) is 4.68. The Bertz CT molecular complexity index is 495. The number of hydrogen-bond donors (Lipinski definition) is 1. The largest absolute Gasteiger partial charge is 0.333 e. The van der Waals surface area contributed by atoms with Crippen molar-refractivity contribution in [1.29, 1.82) is 0 Å². The lowest BCUT2D eigenvalue weighted by Crippen LogP contribution is -2.48. The first kappa shape index (κ1) is 11.8. The van der Waals surface area contributed by atoms with Gasteiger partial charge in [0, 0.05) is 26.1 Å². The highest BCUT2D eigenvalue weighted by Gasteiger charge is 2.51. The van der Waals surface area contributed by atoms with Gasteiger partial charge >= 0.3 is 0 Å². The maximum Gasteiger partial charge on any atom is 0.0952 e. The summed E-state index contributed by atoms with van der Waals surface area (Å²) in [6.45, 7) is 3.38. The van der Waals surface area contributed by atoms with Gasteiger partial charge in [0.1, 0.15) is 0 Å². The third kappa shape index (κ3) is 1.71. The molecule has 1 aromatic rings. The SMILES string of the molecule is c1nc2c(n1CC13CC4CC(CC(C4)C1)C3)CNCC2. The molecule has 0 aromatic carbocycles. The minimum Gasteiger partial charge on any atom is -0.333 e. The molecule has 6 rings (SSSR count). The molecule has 0 amide bonds. The molecule has 108 valence electrons. The minimum absolute atomic E-state index is 0.626. The van der Waals surface area contributed by atoms with Gasteiger partial charge in [-0.3, -0.25) is 0 Å². The number of nitrogens with one attached hydrogen (secondary N) is 1. The third-order valence-electron chi connectivity index (χ3n) is 6.53. The van der Waals surface area contributed by atoms with Gasteiger partial charge in [-0.2, -0.15) is 0 Å². The van der Waals surface area contributed by atoms with Crippen molar-refractivity contribution in [3.8, 4) is 0 Å². The van der Waals surface area contributed by atoms with Crippen molar-refractivity contribution in [3.63, 3.8) is 0 Å². The van der Waals surface area contributed by atoms with E-state index in [4.69, 9.17) is 0 Å². The quantitative estimate of drug-likeness (QED) is 0.896. The first-order valence-electron chi connectivity index (χ1n) is 8.53. The normalized spacial score (nSPS) is 41.9. The van der Waals surface area contributed by atoms with Crippen molar-refractivity contribution in [1.82, 2.24) is 14.9 Å². The molecule has 1 aromatic heterocycles. The molecular formula is C17H25N3. The number of fused-ring (bicyclic) bond motifs is 1. The number of imidazole rings is 1. The standard InChI is InChI=1S/C17H25N3/c1-2-18-9-16-15(1)19-11-20(16)10-17-6-12-3-13(7-17)5-14(4-12)8-17/h11-14,18H,1-10H2. The van der Waals surface area contributed by atoms with E-state index in [2.05, 4.69) is 21.2 Å². The van der Waals surface area contributed by atoms with Gasteiger partial charge in [-0.1, -0.05) is 0 Å². The molecule has 4 saturated carbocycles. The zero-order valence-corrected chi connectivity index (χ0v) is 12.3. The predicted molar refractivity (Wildman–Crippen MR) is 78.2 cm³/mol. The summed E-state index contributed by atoms with van der Waals surface area (Å²) in [5.74, 6) is 3.16. The summed E-state index contributed by atoms with van der Waals surface area (Å²) < 4.78 is 2.51. The highest BCUT2D eigenvalue weighted by molar-refractivity contribution is 5.17.